The van der Waals surface area contributed by atoms with Gasteiger partial charge in [-0.2, -0.15) is 23.4 Å². The van der Waals surface area contributed by atoms with Crippen LogP contribution in [0.1, 0.15) is 0 Å². The van der Waals surface area contributed by atoms with Crippen LogP contribution in [0.3, 0.4) is 0 Å². The van der Waals surface area contributed by atoms with Crippen molar-refractivity contribution in [2.75, 3.05) is 0 Å². The molecule has 0 aromatic carbocycles. The molecule has 2 radical (unpaired) electrons. The molecule has 5 heteroatoms. The largest absolute Gasteiger partial charge is 0.412 e. The van der Waals surface area contributed by atoms with Crippen molar-refractivity contribution >= 4 is 40.5 Å². The van der Waals surface area contributed by atoms with Gasteiger partial charge in [-0.05, 0) is 0 Å². The Kier molecular flexibility index (Phi) is 1420. The van der Waals surface area contributed by atoms with E-state index in [0.717, 1.165) is 0 Å². The Balaban J connectivity index is 0. The van der Waals surface area contributed by atoms with Gasteiger partial charge in [-0.3, -0.25) is 0 Å². The Morgan fingerprint density at radius 1 is 1.00 bits per heavy atom. The minimum Gasteiger partial charge on any atom is -0.412 e. The Morgan fingerprint density at radius 3 is 1.00 bits per heavy atom. The second kappa shape index (κ2) is 62.5. The van der Waals surface area contributed by atoms with Gasteiger partial charge in [0.25, 0.3) is 0 Å². The van der Waals surface area contributed by atoms with Gasteiger partial charge in [0, 0.05) is 17.1 Å². The monoisotopic (exact) mass is 183 g/mol. The summed E-state index contributed by atoms with van der Waals surface area (Å²) in [7, 11) is 0. The maximum Gasteiger partial charge on any atom is 0 e. The third-order valence-corrected chi connectivity index (χ3v) is 0. The average Bonchev–Trinajstić information content (AvgIpc) is 0. The van der Waals surface area contributed by atoms with E-state index in [1.165, 1.54) is 0 Å². The van der Waals surface area contributed by atoms with Crippen LogP contribution in [0, 0.1) is 0 Å². The Bertz CT molecular complexity index is 11.6. The molecule has 0 spiro atoms. The number of hydrogen-bond donors (Lipinski definition) is 1. The van der Waals surface area contributed by atoms with Crippen molar-refractivity contribution < 1.29 is 5.48 Å². The van der Waals surface area contributed by atoms with E-state index >= 15 is 0 Å². The van der Waals surface area contributed by atoms with E-state index < -0.39 is 0 Å². The fourth-order valence-corrected chi connectivity index (χ4v) is 0. The summed E-state index contributed by atoms with van der Waals surface area (Å²) >= 11 is 0. The molecule has 0 aliphatic carbocycles. The third kappa shape index (κ3) is 36.4. The van der Waals surface area contributed by atoms with Crippen molar-refractivity contribution in [3.8, 4) is 0 Å². The molecule has 2 nitrogen and oxygen atoms in total. The summed E-state index contributed by atoms with van der Waals surface area (Å²) in [5.41, 5.74) is 0. The maximum absolute atomic E-state index is 0. The van der Waals surface area contributed by atoms with Crippen LogP contribution in [0.5, 0.6) is 0 Å². The fraction of sp³-hybridized carbons (Fsp3) is 0. The van der Waals surface area contributed by atoms with Gasteiger partial charge in [0.2, 0.25) is 0 Å². The van der Waals surface area contributed by atoms with E-state index in [1.807, 2.05) is 0 Å². The summed E-state index contributed by atoms with van der Waals surface area (Å²) in [6, 6.07) is 0. The van der Waals surface area contributed by atoms with Gasteiger partial charge in [0.1, 0.15) is 0 Å². The fourth-order valence-electron chi connectivity index (χ4n) is 0. The standard InChI is InChI=1S/H3N.H2O.H3P.H2S.Se/h1H3;1H2;1H3;1H2;. The molecule has 0 fully saturated rings. The molecule has 38 valence electrons. The van der Waals surface area contributed by atoms with Gasteiger partial charge in [-0.15, -0.1) is 0 Å². The minimum atomic E-state index is 0. The zero-order chi connectivity index (χ0) is 0. The molecule has 0 rings (SSSR count). The molecule has 0 saturated heterocycles. The minimum absolute atomic E-state index is 0. The van der Waals surface area contributed by atoms with E-state index in [0.29, 0.717) is 0 Å². The first-order valence-electron chi connectivity index (χ1n) is 0. The first-order valence-corrected chi connectivity index (χ1v) is 0. The molecule has 0 aromatic rings. The molecular weight excluding hydrogens is 172 g/mol. The second-order valence-electron chi connectivity index (χ2n) is 0. The predicted molar refractivity (Wildman–Crippen MR) is 35.9 cm³/mol. The summed E-state index contributed by atoms with van der Waals surface area (Å²) in [6.45, 7) is 0. The maximum atomic E-state index is 0. The molecule has 0 aromatic heterocycles. The van der Waals surface area contributed by atoms with Crippen LogP contribution >= 0.6 is 23.4 Å². The van der Waals surface area contributed by atoms with Gasteiger partial charge in [-0.1, -0.05) is 0 Å². The van der Waals surface area contributed by atoms with Crippen molar-refractivity contribution in [2.45, 2.75) is 0 Å². The molecule has 1 unspecified atom stereocenters. The van der Waals surface area contributed by atoms with Gasteiger partial charge < -0.3 is 11.6 Å². The number of rotatable bonds is 0. The van der Waals surface area contributed by atoms with Gasteiger partial charge in [-0.25, -0.2) is 0 Å². The van der Waals surface area contributed by atoms with Crippen molar-refractivity contribution in [3.63, 3.8) is 0 Å². The quantitative estimate of drug-likeness (QED) is 0.384. The molecule has 0 bridgehead atoms. The van der Waals surface area contributed by atoms with E-state index in [9.17, 15) is 0 Å². The van der Waals surface area contributed by atoms with Crippen molar-refractivity contribution in [1.82, 2.24) is 6.15 Å². The molecule has 5 N–H and O–H groups in total. The SMILES string of the molecule is N.O.P.S.[Se]. The van der Waals surface area contributed by atoms with Crippen LogP contribution in [0.4, 0.5) is 0 Å². The van der Waals surface area contributed by atoms with Gasteiger partial charge >= 0.3 is 0 Å². The van der Waals surface area contributed by atoms with Crippen molar-refractivity contribution in [1.29, 1.82) is 0 Å². The molecule has 0 amide bonds. The molecule has 5 heavy (non-hydrogen) atoms. The molecule has 1 atom stereocenters. The normalized spacial score (nSPS) is 0. The first-order chi connectivity index (χ1) is 0. The number of hydrogen-bond acceptors (Lipinski definition) is 1. The van der Waals surface area contributed by atoms with Crippen LogP contribution in [0.2, 0.25) is 0 Å². The molecule has 0 heterocycles. The summed E-state index contributed by atoms with van der Waals surface area (Å²) in [5, 5.41) is 0. The van der Waals surface area contributed by atoms with Crippen LogP contribution in [-0.2, 0) is 0 Å². The molecule has 0 aliphatic rings. The molecule has 0 aliphatic heterocycles. The topological polar surface area (TPSA) is 66.5 Å². The van der Waals surface area contributed by atoms with E-state index in [1.54, 1.807) is 0 Å². The average molecular weight is 182 g/mol. The van der Waals surface area contributed by atoms with Crippen LogP contribution in [0.25, 0.3) is 0 Å². The van der Waals surface area contributed by atoms with Crippen molar-refractivity contribution in [3.05, 3.63) is 0 Å². The Hall–Kier alpha value is 1.22. The smallest absolute Gasteiger partial charge is 0 e. The summed E-state index contributed by atoms with van der Waals surface area (Å²) in [4.78, 5) is 0. The van der Waals surface area contributed by atoms with E-state index in [-0.39, 0.29) is 52.1 Å². The zero-order valence-electron chi connectivity index (χ0n) is 2.82. The molecule has 0 saturated carbocycles. The van der Waals surface area contributed by atoms with Gasteiger partial charge in [0.15, 0.2) is 0 Å². The first kappa shape index (κ1) is 114. The zero-order valence-corrected chi connectivity index (χ0v) is 6.95. The third-order valence-electron chi connectivity index (χ3n) is 0. The Labute approximate surface area is 52.5 Å². The second-order valence-corrected chi connectivity index (χ2v) is 0. The van der Waals surface area contributed by atoms with Gasteiger partial charge in [0.05, 0.1) is 0 Å². The summed E-state index contributed by atoms with van der Waals surface area (Å²) in [6.07, 6.45) is 0. The summed E-state index contributed by atoms with van der Waals surface area (Å²) in [5.74, 6) is 0. The van der Waals surface area contributed by atoms with Crippen LogP contribution < -0.4 is 6.15 Å². The van der Waals surface area contributed by atoms with E-state index in [2.05, 4.69) is 0 Å². The predicted octanol–water partition coefficient (Wildman–Crippen LogP) is -0.873. The summed E-state index contributed by atoms with van der Waals surface area (Å²) < 4.78 is 0. The van der Waals surface area contributed by atoms with Crippen molar-refractivity contribution in [2.24, 2.45) is 0 Å². The van der Waals surface area contributed by atoms with Crippen LogP contribution in [0.15, 0.2) is 0 Å². The molecular formula is H10NOPSSe. The van der Waals surface area contributed by atoms with E-state index in [4.69, 9.17) is 0 Å². The van der Waals surface area contributed by atoms with Crippen LogP contribution in [-0.4, -0.2) is 22.5 Å². The Morgan fingerprint density at radius 2 is 1.00 bits per heavy atom.